The van der Waals surface area contributed by atoms with Gasteiger partial charge >= 0.3 is 0 Å². The maximum atomic E-state index is 9.91. The first-order chi connectivity index (χ1) is 8.89. The fourth-order valence-electron chi connectivity index (χ4n) is 1.66. The van der Waals surface area contributed by atoms with Crippen LogP contribution in [-0.4, -0.2) is 23.9 Å². The summed E-state index contributed by atoms with van der Waals surface area (Å²) >= 11 is 6.21. The molecule has 0 aliphatic rings. The second-order valence-electron chi connectivity index (χ2n) is 5.11. The van der Waals surface area contributed by atoms with Crippen LogP contribution >= 0.6 is 11.6 Å². The normalized spacial score (nSPS) is 15.9. The topological polar surface area (TPSA) is 41.5 Å². The number of rotatable bonds is 7. The summed E-state index contributed by atoms with van der Waals surface area (Å²) in [5.41, 5.74) is 0.306. The predicted octanol–water partition coefficient (Wildman–Crippen LogP) is 3.55. The van der Waals surface area contributed by atoms with Crippen molar-refractivity contribution in [3.8, 4) is 5.75 Å². The molecule has 108 valence electrons. The summed E-state index contributed by atoms with van der Waals surface area (Å²) in [4.78, 5) is 0. The van der Waals surface area contributed by atoms with Crippen LogP contribution in [0.3, 0.4) is 0 Å². The maximum Gasteiger partial charge on any atom is 0.138 e. The molecule has 0 heterocycles. The van der Waals surface area contributed by atoms with Crippen LogP contribution in [0.4, 0.5) is 0 Å². The summed E-state index contributed by atoms with van der Waals surface area (Å²) in [7, 11) is 0. The number of halogens is 1. The quantitative estimate of drug-likeness (QED) is 0.805. The number of hydrogen-bond acceptors (Lipinski definition) is 3. The van der Waals surface area contributed by atoms with Crippen LogP contribution in [0, 0.1) is 0 Å². The van der Waals surface area contributed by atoms with E-state index in [1.807, 2.05) is 25.1 Å². The Morgan fingerprint density at radius 3 is 2.63 bits per heavy atom. The van der Waals surface area contributed by atoms with Crippen LogP contribution < -0.4 is 10.1 Å². The molecular weight excluding hydrogens is 262 g/mol. The van der Waals surface area contributed by atoms with E-state index in [0.717, 1.165) is 12.1 Å². The van der Waals surface area contributed by atoms with E-state index in [9.17, 15) is 5.11 Å². The van der Waals surface area contributed by atoms with Crippen LogP contribution in [0.5, 0.6) is 5.75 Å². The van der Waals surface area contributed by atoms with E-state index in [0.29, 0.717) is 17.2 Å². The van der Waals surface area contributed by atoms with Gasteiger partial charge in [-0.15, -0.1) is 0 Å². The summed E-state index contributed by atoms with van der Waals surface area (Å²) in [6.07, 6.45) is 0.639. The van der Waals surface area contributed by atoms with Crippen molar-refractivity contribution in [2.75, 3.05) is 13.2 Å². The average molecular weight is 286 g/mol. The highest BCUT2D eigenvalue weighted by Crippen LogP contribution is 2.28. The van der Waals surface area contributed by atoms with Crippen LogP contribution in [0.25, 0.3) is 0 Å². The van der Waals surface area contributed by atoms with Crippen LogP contribution in [0.15, 0.2) is 18.2 Å². The fourth-order valence-corrected chi connectivity index (χ4v) is 1.91. The largest absolute Gasteiger partial charge is 0.489 e. The monoisotopic (exact) mass is 285 g/mol. The van der Waals surface area contributed by atoms with Gasteiger partial charge in [-0.25, -0.2) is 0 Å². The third kappa shape index (κ3) is 5.01. The van der Waals surface area contributed by atoms with Gasteiger partial charge in [0.2, 0.25) is 0 Å². The smallest absolute Gasteiger partial charge is 0.138 e. The third-order valence-electron chi connectivity index (χ3n) is 3.27. The lowest BCUT2D eigenvalue weighted by Gasteiger charge is -2.22. The number of benzene rings is 1. The second kappa shape index (κ2) is 7.13. The van der Waals surface area contributed by atoms with Gasteiger partial charge < -0.3 is 15.2 Å². The molecule has 0 bridgehead atoms. The minimum absolute atomic E-state index is 0.241. The van der Waals surface area contributed by atoms with Crippen molar-refractivity contribution < 1.29 is 9.84 Å². The molecule has 0 aliphatic carbocycles. The van der Waals surface area contributed by atoms with Gasteiger partial charge in [0.1, 0.15) is 12.4 Å². The molecule has 0 radical (unpaired) electrons. The molecular formula is C15H24ClNO2. The van der Waals surface area contributed by atoms with Crippen molar-refractivity contribution in [1.29, 1.82) is 0 Å². The van der Waals surface area contributed by atoms with E-state index in [1.54, 1.807) is 6.92 Å². The maximum absolute atomic E-state index is 9.91. The van der Waals surface area contributed by atoms with Gasteiger partial charge in [0.05, 0.1) is 10.6 Å². The highest BCUT2D eigenvalue weighted by molar-refractivity contribution is 6.32. The van der Waals surface area contributed by atoms with Crippen LogP contribution in [0.2, 0.25) is 5.02 Å². The number of ether oxygens (including phenoxy) is 1. The second-order valence-corrected chi connectivity index (χ2v) is 5.52. The Hall–Kier alpha value is -0.770. The van der Waals surface area contributed by atoms with Gasteiger partial charge in [0.15, 0.2) is 0 Å². The van der Waals surface area contributed by atoms with E-state index in [2.05, 4.69) is 19.2 Å². The van der Waals surface area contributed by atoms with Gasteiger partial charge in [-0.3, -0.25) is 0 Å². The standard InChI is InChI=1S/C15H24ClNO2/c1-5-15(4,18)10-19-14-8-7-12(9-13(14)16)11(3)17-6-2/h7-9,11,17-18H,5-6,10H2,1-4H3. The van der Waals surface area contributed by atoms with Gasteiger partial charge in [-0.2, -0.15) is 0 Å². The zero-order valence-corrected chi connectivity index (χ0v) is 12.9. The average Bonchev–Trinajstić information content (AvgIpc) is 2.37. The Labute approximate surface area is 120 Å². The molecule has 1 aromatic rings. The highest BCUT2D eigenvalue weighted by Gasteiger charge is 2.19. The van der Waals surface area contributed by atoms with Crippen molar-refractivity contribution in [2.45, 2.75) is 45.8 Å². The molecule has 2 unspecified atom stereocenters. The molecule has 2 atom stereocenters. The summed E-state index contributed by atoms with van der Waals surface area (Å²) in [6.45, 7) is 9.00. The van der Waals surface area contributed by atoms with Gasteiger partial charge in [0, 0.05) is 6.04 Å². The molecule has 0 amide bonds. The molecule has 2 N–H and O–H groups in total. The lowest BCUT2D eigenvalue weighted by atomic mass is 10.1. The zero-order valence-electron chi connectivity index (χ0n) is 12.2. The van der Waals surface area contributed by atoms with E-state index in [4.69, 9.17) is 16.3 Å². The molecule has 3 nitrogen and oxygen atoms in total. The van der Waals surface area contributed by atoms with Crippen LogP contribution in [0.1, 0.15) is 45.7 Å². The Kier molecular flexibility index (Phi) is 6.11. The van der Waals surface area contributed by atoms with E-state index in [1.165, 1.54) is 0 Å². The van der Waals surface area contributed by atoms with E-state index < -0.39 is 5.60 Å². The predicted molar refractivity (Wildman–Crippen MR) is 80.0 cm³/mol. The summed E-state index contributed by atoms with van der Waals surface area (Å²) in [5, 5.41) is 13.8. The molecule has 0 aromatic heterocycles. The summed E-state index contributed by atoms with van der Waals surface area (Å²) in [5.74, 6) is 0.614. The van der Waals surface area contributed by atoms with Gasteiger partial charge in [-0.05, 0) is 44.5 Å². The lowest BCUT2D eigenvalue weighted by molar-refractivity contribution is 0.00850. The number of hydrogen-bond donors (Lipinski definition) is 2. The molecule has 0 spiro atoms. The molecule has 1 aromatic carbocycles. The minimum Gasteiger partial charge on any atom is -0.489 e. The van der Waals surface area contributed by atoms with Crippen molar-refractivity contribution in [3.05, 3.63) is 28.8 Å². The van der Waals surface area contributed by atoms with E-state index >= 15 is 0 Å². The number of nitrogens with one attached hydrogen (secondary N) is 1. The van der Waals surface area contributed by atoms with Crippen LogP contribution in [-0.2, 0) is 0 Å². The molecule has 0 saturated carbocycles. The first-order valence-corrected chi connectivity index (χ1v) is 7.15. The van der Waals surface area contributed by atoms with Crippen molar-refractivity contribution in [2.24, 2.45) is 0 Å². The molecule has 4 heteroatoms. The van der Waals surface area contributed by atoms with Crippen molar-refractivity contribution in [3.63, 3.8) is 0 Å². The number of aliphatic hydroxyl groups is 1. The first-order valence-electron chi connectivity index (χ1n) is 6.77. The molecule has 0 fully saturated rings. The Balaban J connectivity index is 2.72. The van der Waals surface area contributed by atoms with Crippen molar-refractivity contribution >= 4 is 11.6 Å². The molecule has 19 heavy (non-hydrogen) atoms. The van der Waals surface area contributed by atoms with Gasteiger partial charge in [-0.1, -0.05) is 31.5 Å². The summed E-state index contributed by atoms with van der Waals surface area (Å²) < 4.78 is 5.58. The Morgan fingerprint density at radius 2 is 2.11 bits per heavy atom. The SMILES string of the molecule is CCNC(C)c1ccc(OCC(C)(O)CC)c(Cl)c1. The Morgan fingerprint density at radius 1 is 1.42 bits per heavy atom. The molecule has 0 saturated heterocycles. The summed E-state index contributed by atoms with van der Waals surface area (Å²) in [6, 6.07) is 6.02. The molecule has 1 rings (SSSR count). The van der Waals surface area contributed by atoms with E-state index in [-0.39, 0.29) is 12.6 Å². The fraction of sp³-hybridized carbons (Fsp3) is 0.600. The first kappa shape index (κ1) is 16.3. The molecule has 0 aliphatic heterocycles. The van der Waals surface area contributed by atoms with Crippen molar-refractivity contribution in [1.82, 2.24) is 5.32 Å². The Bertz CT molecular complexity index is 407. The third-order valence-corrected chi connectivity index (χ3v) is 3.56. The van der Waals surface area contributed by atoms with Gasteiger partial charge in [0.25, 0.3) is 0 Å². The highest BCUT2D eigenvalue weighted by atomic mass is 35.5. The zero-order chi connectivity index (χ0) is 14.5. The lowest BCUT2D eigenvalue weighted by Crippen LogP contribution is -2.31. The minimum atomic E-state index is -0.820.